The molecule has 2 aromatic carbocycles. The van der Waals surface area contributed by atoms with Crippen LogP contribution in [0.4, 0.5) is 0 Å². The van der Waals surface area contributed by atoms with E-state index in [-0.39, 0.29) is 6.04 Å². The van der Waals surface area contributed by atoms with Gasteiger partial charge in [-0.1, -0.05) is 41.9 Å². The molecule has 0 spiro atoms. The molecule has 1 unspecified atom stereocenters. The second-order valence-corrected chi connectivity index (χ2v) is 5.57. The molecule has 0 radical (unpaired) electrons. The van der Waals surface area contributed by atoms with E-state index in [1.165, 1.54) is 11.1 Å². The normalized spacial score (nSPS) is 12.2. The summed E-state index contributed by atoms with van der Waals surface area (Å²) in [7, 11) is 0. The van der Waals surface area contributed by atoms with Crippen molar-refractivity contribution in [2.45, 2.75) is 32.9 Å². The Morgan fingerprint density at radius 2 is 1.95 bits per heavy atom. The molecule has 2 nitrogen and oxygen atoms in total. The van der Waals surface area contributed by atoms with E-state index in [4.69, 9.17) is 22.1 Å². The fourth-order valence-corrected chi connectivity index (χ4v) is 2.35. The Bertz CT molecular complexity index is 581. The zero-order valence-electron chi connectivity index (χ0n) is 11.9. The van der Waals surface area contributed by atoms with Gasteiger partial charge in [0.1, 0.15) is 12.4 Å². The van der Waals surface area contributed by atoms with Crippen LogP contribution in [0.5, 0.6) is 5.75 Å². The highest BCUT2D eigenvalue weighted by Gasteiger charge is 2.06. The molecule has 0 heterocycles. The lowest BCUT2D eigenvalue weighted by Gasteiger charge is -2.12. The van der Waals surface area contributed by atoms with Gasteiger partial charge >= 0.3 is 0 Å². The average molecular weight is 290 g/mol. The summed E-state index contributed by atoms with van der Waals surface area (Å²) in [5.41, 5.74) is 9.31. The van der Waals surface area contributed by atoms with E-state index < -0.39 is 0 Å². The third kappa shape index (κ3) is 3.99. The van der Waals surface area contributed by atoms with Crippen molar-refractivity contribution in [2.24, 2.45) is 5.73 Å². The molecule has 0 bridgehead atoms. The molecule has 2 rings (SSSR count). The van der Waals surface area contributed by atoms with Crippen LogP contribution in [-0.4, -0.2) is 6.04 Å². The van der Waals surface area contributed by atoms with E-state index in [0.29, 0.717) is 17.4 Å². The van der Waals surface area contributed by atoms with Crippen LogP contribution in [-0.2, 0) is 13.0 Å². The summed E-state index contributed by atoms with van der Waals surface area (Å²) in [5, 5.41) is 0.636. The lowest BCUT2D eigenvalue weighted by Crippen LogP contribution is -2.17. The average Bonchev–Trinajstić information content (AvgIpc) is 2.39. The van der Waals surface area contributed by atoms with Gasteiger partial charge in [0.2, 0.25) is 0 Å². The van der Waals surface area contributed by atoms with Crippen molar-refractivity contribution in [3.8, 4) is 5.75 Å². The Labute approximate surface area is 125 Å². The van der Waals surface area contributed by atoms with Gasteiger partial charge in [-0.25, -0.2) is 0 Å². The van der Waals surface area contributed by atoms with Crippen LogP contribution in [0, 0.1) is 6.92 Å². The van der Waals surface area contributed by atoms with Crippen LogP contribution in [0.2, 0.25) is 5.02 Å². The first kappa shape index (κ1) is 14.9. The summed E-state index contributed by atoms with van der Waals surface area (Å²) in [6.45, 7) is 4.58. The summed E-state index contributed by atoms with van der Waals surface area (Å²) in [5.74, 6) is 0.711. The van der Waals surface area contributed by atoms with Crippen molar-refractivity contribution in [3.05, 3.63) is 64.2 Å². The van der Waals surface area contributed by atoms with E-state index in [9.17, 15) is 0 Å². The Balaban J connectivity index is 2.05. The SMILES string of the molecule is Cc1ccccc1COc1ccc(CC(C)N)cc1Cl. The minimum absolute atomic E-state index is 0.129. The first-order chi connectivity index (χ1) is 9.56. The molecule has 2 N–H and O–H groups in total. The number of benzene rings is 2. The van der Waals surface area contributed by atoms with Gasteiger partial charge in [-0.15, -0.1) is 0 Å². The molecule has 0 saturated heterocycles. The summed E-state index contributed by atoms with van der Waals surface area (Å²) in [6.07, 6.45) is 0.817. The van der Waals surface area contributed by atoms with Gasteiger partial charge in [-0.2, -0.15) is 0 Å². The van der Waals surface area contributed by atoms with Crippen LogP contribution in [0.3, 0.4) is 0 Å². The van der Waals surface area contributed by atoms with Gasteiger partial charge in [0.05, 0.1) is 5.02 Å². The van der Waals surface area contributed by atoms with Gasteiger partial charge in [0.15, 0.2) is 0 Å². The van der Waals surface area contributed by atoms with Gasteiger partial charge in [-0.3, -0.25) is 0 Å². The van der Waals surface area contributed by atoms with Crippen LogP contribution in [0.15, 0.2) is 42.5 Å². The lowest BCUT2D eigenvalue weighted by molar-refractivity contribution is 0.305. The molecule has 2 aromatic rings. The largest absolute Gasteiger partial charge is 0.487 e. The predicted octanol–water partition coefficient (Wildman–Crippen LogP) is 4.12. The maximum atomic E-state index is 6.25. The first-order valence-corrected chi connectivity index (χ1v) is 7.15. The molecule has 0 aliphatic carbocycles. The van der Waals surface area contributed by atoms with Crippen molar-refractivity contribution in [2.75, 3.05) is 0 Å². The maximum absolute atomic E-state index is 6.25. The summed E-state index contributed by atoms with van der Waals surface area (Å²) in [6, 6.07) is 14.2. The molecule has 0 fully saturated rings. The van der Waals surface area contributed by atoms with Gasteiger partial charge in [-0.05, 0) is 49.1 Å². The third-order valence-electron chi connectivity index (χ3n) is 3.20. The molecule has 0 saturated carbocycles. The van der Waals surface area contributed by atoms with Crippen LogP contribution < -0.4 is 10.5 Å². The molecular weight excluding hydrogens is 270 g/mol. The quantitative estimate of drug-likeness (QED) is 0.899. The van der Waals surface area contributed by atoms with Crippen molar-refractivity contribution in [1.29, 1.82) is 0 Å². The minimum atomic E-state index is 0.129. The highest BCUT2D eigenvalue weighted by molar-refractivity contribution is 6.32. The van der Waals surface area contributed by atoms with Crippen molar-refractivity contribution < 1.29 is 4.74 Å². The topological polar surface area (TPSA) is 35.2 Å². The molecule has 0 aromatic heterocycles. The van der Waals surface area contributed by atoms with E-state index in [1.54, 1.807) is 0 Å². The minimum Gasteiger partial charge on any atom is -0.487 e. The summed E-state index contributed by atoms with van der Waals surface area (Å²) < 4.78 is 5.80. The van der Waals surface area contributed by atoms with Crippen LogP contribution in [0.25, 0.3) is 0 Å². The highest BCUT2D eigenvalue weighted by atomic mass is 35.5. The Kier molecular flexibility index (Phi) is 5.05. The Morgan fingerprint density at radius 3 is 2.60 bits per heavy atom. The summed E-state index contributed by atoms with van der Waals surface area (Å²) >= 11 is 6.25. The van der Waals surface area contributed by atoms with E-state index in [2.05, 4.69) is 19.1 Å². The van der Waals surface area contributed by atoms with E-state index in [0.717, 1.165) is 12.0 Å². The molecule has 0 aliphatic rings. The molecular formula is C17H20ClNO. The second kappa shape index (κ2) is 6.78. The smallest absolute Gasteiger partial charge is 0.138 e. The fraction of sp³-hybridized carbons (Fsp3) is 0.294. The molecule has 3 heteroatoms. The lowest BCUT2D eigenvalue weighted by atomic mass is 10.1. The monoisotopic (exact) mass is 289 g/mol. The third-order valence-corrected chi connectivity index (χ3v) is 3.49. The number of aryl methyl sites for hydroxylation is 1. The van der Waals surface area contributed by atoms with Crippen molar-refractivity contribution >= 4 is 11.6 Å². The predicted molar refractivity (Wildman–Crippen MR) is 84.3 cm³/mol. The van der Waals surface area contributed by atoms with E-state index >= 15 is 0 Å². The first-order valence-electron chi connectivity index (χ1n) is 6.77. The van der Waals surface area contributed by atoms with Gasteiger partial charge < -0.3 is 10.5 Å². The maximum Gasteiger partial charge on any atom is 0.138 e. The zero-order valence-corrected chi connectivity index (χ0v) is 12.7. The Hall–Kier alpha value is -1.51. The second-order valence-electron chi connectivity index (χ2n) is 5.16. The van der Waals surface area contributed by atoms with Crippen LogP contribution in [0.1, 0.15) is 23.6 Å². The highest BCUT2D eigenvalue weighted by Crippen LogP contribution is 2.27. The van der Waals surface area contributed by atoms with Crippen molar-refractivity contribution in [1.82, 2.24) is 0 Å². The number of hydrogen-bond donors (Lipinski definition) is 1. The zero-order chi connectivity index (χ0) is 14.5. The van der Waals surface area contributed by atoms with E-state index in [1.807, 2.05) is 37.3 Å². The van der Waals surface area contributed by atoms with Crippen molar-refractivity contribution in [3.63, 3.8) is 0 Å². The summed E-state index contributed by atoms with van der Waals surface area (Å²) in [4.78, 5) is 0. The molecule has 1 atom stereocenters. The molecule has 0 amide bonds. The number of rotatable bonds is 5. The number of hydrogen-bond acceptors (Lipinski definition) is 2. The number of ether oxygens (including phenoxy) is 1. The molecule has 0 aliphatic heterocycles. The molecule has 106 valence electrons. The number of nitrogens with two attached hydrogens (primary N) is 1. The molecule has 20 heavy (non-hydrogen) atoms. The fourth-order valence-electron chi connectivity index (χ4n) is 2.09. The number of halogens is 1. The van der Waals surface area contributed by atoms with Crippen LogP contribution >= 0.6 is 11.6 Å². The van der Waals surface area contributed by atoms with Gasteiger partial charge in [0, 0.05) is 6.04 Å². The standard InChI is InChI=1S/C17H20ClNO/c1-12-5-3-4-6-15(12)11-20-17-8-7-14(9-13(2)19)10-16(17)18/h3-8,10,13H,9,11,19H2,1-2H3. The van der Waals surface area contributed by atoms with Gasteiger partial charge in [0.25, 0.3) is 0 Å². The Morgan fingerprint density at radius 1 is 1.20 bits per heavy atom.